The first-order valence-corrected chi connectivity index (χ1v) is 7.27. The van der Waals surface area contributed by atoms with Gasteiger partial charge in [0.25, 0.3) is 0 Å². The third-order valence-corrected chi connectivity index (χ3v) is 3.55. The molecule has 0 spiro atoms. The third kappa shape index (κ3) is 4.50. The van der Waals surface area contributed by atoms with Crippen molar-refractivity contribution in [2.45, 2.75) is 19.9 Å². The van der Waals surface area contributed by atoms with Gasteiger partial charge < -0.3 is 10.6 Å². The molecular weight excluding hydrogens is 256 g/mol. The van der Waals surface area contributed by atoms with Gasteiger partial charge in [0, 0.05) is 19.2 Å². The highest BCUT2D eigenvalue weighted by atomic mass is 32.1. The van der Waals surface area contributed by atoms with Crippen molar-refractivity contribution in [3.05, 3.63) is 52.2 Å². The summed E-state index contributed by atoms with van der Waals surface area (Å²) in [5.74, 6) is -0.0364. The molecule has 1 aromatic heterocycles. The lowest BCUT2D eigenvalue weighted by atomic mass is 10.1. The van der Waals surface area contributed by atoms with Crippen LogP contribution < -0.4 is 10.6 Å². The zero-order chi connectivity index (χ0) is 13.5. The molecule has 0 unspecified atom stereocenters. The number of carbonyl (C=O) groups is 1. The Morgan fingerprint density at radius 2 is 2.11 bits per heavy atom. The number of amides is 1. The fourth-order valence-electron chi connectivity index (χ4n) is 1.88. The Labute approximate surface area is 117 Å². The Balaban J connectivity index is 1.83. The van der Waals surface area contributed by atoms with Gasteiger partial charge in [0.05, 0.1) is 0 Å². The normalized spacial score (nSPS) is 10.4. The first kappa shape index (κ1) is 13.8. The quantitative estimate of drug-likeness (QED) is 0.795. The van der Waals surface area contributed by atoms with Gasteiger partial charge in [0.1, 0.15) is 0 Å². The highest BCUT2D eigenvalue weighted by molar-refractivity contribution is 7.07. The van der Waals surface area contributed by atoms with Crippen LogP contribution in [0.5, 0.6) is 0 Å². The molecule has 4 heteroatoms. The van der Waals surface area contributed by atoms with Gasteiger partial charge in [-0.2, -0.15) is 11.3 Å². The van der Waals surface area contributed by atoms with Crippen LogP contribution in [0.15, 0.2) is 41.1 Å². The van der Waals surface area contributed by atoms with E-state index >= 15 is 0 Å². The Kier molecular flexibility index (Phi) is 5.12. The van der Waals surface area contributed by atoms with Crippen molar-refractivity contribution in [2.24, 2.45) is 0 Å². The summed E-state index contributed by atoms with van der Waals surface area (Å²) in [5, 5.41) is 10.5. The molecule has 1 heterocycles. The van der Waals surface area contributed by atoms with E-state index in [0.717, 1.165) is 30.8 Å². The number of carbonyl (C=O) groups excluding carboxylic acids is 1. The molecule has 0 atom stereocenters. The van der Waals surface area contributed by atoms with Crippen molar-refractivity contribution in [1.82, 2.24) is 5.32 Å². The highest BCUT2D eigenvalue weighted by Gasteiger charge is 2.02. The monoisotopic (exact) mass is 274 g/mol. The van der Waals surface area contributed by atoms with Crippen molar-refractivity contribution < 1.29 is 4.79 Å². The van der Waals surface area contributed by atoms with Crippen molar-refractivity contribution in [3.8, 4) is 0 Å². The van der Waals surface area contributed by atoms with E-state index in [1.165, 1.54) is 12.5 Å². The highest BCUT2D eigenvalue weighted by Crippen LogP contribution is 2.14. The summed E-state index contributed by atoms with van der Waals surface area (Å²) in [5.41, 5.74) is 3.37. The van der Waals surface area contributed by atoms with Gasteiger partial charge in [-0.1, -0.05) is 18.2 Å². The van der Waals surface area contributed by atoms with Crippen molar-refractivity contribution in [1.29, 1.82) is 0 Å². The first-order valence-electron chi connectivity index (χ1n) is 6.33. The lowest BCUT2D eigenvalue weighted by molar-refractivity contribution is -0.114. The van der Waals surface area contributed by atoms with Crippen LogP contribution in [-0.4, -0.2) is 12.5 Å². The fraction of sp³-hybridized carbons (Fsp3) is 0.267. The van der Waals surface area contributed by atoms with Crippen molar-refractivity contribution in [3.63, 3.8) is 0 Å². The molecule has 0 aliphatic carbocycles. The van der Waals surface area contributed by atoms with E-state index in [1.807, 2.05) is 24.3 Å². The van der Waals surface area contributed by atoms with Crippen molar-refractivity contribution >= 4 is 22.9 Å². The molecule has 0 fully saturated rings. The molecule has 1 amide bonds. The number of hydrogen-bond acceptors (Lipinski definition) is 3. The van der Waals surface area contributed by atoms with Crippen LogP contribution in [0.25, 0.3) is 0 Å². The van der Waals surface area contributed by atoms with Gasteiger partial charge in [0.2, 0.25) is 5.91 Å². The lowest BCUT2D eigenvalue weighted by Gasteiger charge is -2.10. The summed E-state index contributed by atoms with van der Waals surface area (Å²) in [4.78, 5) is 11.1. The van der Waals surface area contributed by atoms with Crippen LogP contribution in [0, 0.1) is 0 Å². The van der Waals surface area contributed by atoms with E-state index in [4.69, 9.17) is 0 Å². The number of thiophene rings is 1. The second-order valence-corrected chi connectivity index (χ2v) is 5.18. The predicted octanol–water partition coefficient (Wildman–Crippen LogP) is 3.04. The number of benzene rings is 1. The number of nitrogens with one attached hydrogen (secondary N) is 2. The number of para-hydroxylation sites is 1. The summed E-state index contributed by atoms with van der Waals surface area (Å²) in [6.07, 6.45) is 1.03. The topological polar surface area (TPSA) is 41.1 Å². The summed E-state index contributed by atoms with van der Waals surface area (Å²) in [6.45, 7) is 3.23. The largest absolute Gasteiger partial charge is 0.326 e. The third-order valence-electron chi connectivity index (χ3n) is 2.81. The minimum Gasteiger partial charge on any atom is -0.326 e. The van der Waals surface area contributed by atoms with Crippen LogP contribution >= 0.6 is 11.3 Å². The molecule has 0 radical (unpaired) electrons. The van der Waals surface area contributed by atoms with E-state index in [0.29, 0.717) is 0 Å². The van der Waals surface area contributed by atoms with E-state index in [1.54, 1.807) is 11.3 Å². The molecule has 0 saturated heterocycles. The summed E-state index contributed by atoms with van der Waals surface area (Å²) in [6, 6.07) is 10.0. The summed E-state index contributed by atoms with van der Waals surface area (Å²) < 4.78 is 0. The lowest BCUT2D eigenvalue weighted by Crippen LogP contribution is -2.18. The summed E-state index contributed by atoms with van der Waals surface area (Å²) in [7, 11) is 0. The smallest absolute Gasteiger partial charge is 0.221 e. The molecule has 0 bridgehead atoms. The molecule has 19 heavy (non-hydrogen) atoms. The molecule has 2 aromatic rings. The van der Waals surface area contributed by atoms with E-state index in [2.05, 4.69) is 27.5 Å². The van der Waals surface area contributed by atoms with Gasteiger partial charge >= 0.3 is 0 Å². The van der Waals surface area contributed by atoms with Gasteiger partial charge in [-0.05, 0) is 47.0 Å². The SMILES string of the molecule is CC(=O)Nc1ccccc1CNCCc1ccsc1. The summed E-state index contributed by atoms with van der Waals surface area (Å²) >= 11 is 1.73. The Morgan fingerprint density at radius 1 is 1.26 bits per heavy atom. The maximum Gasteiger partial charge on any atom is 0.221 e. The average Bonchev–Trinajstić information content (AvgIpc) is 2.89. The molecule has 0 saturated carbocycles. The van der Waals surface area contributed by atoms with Gasteiger partial charge in [-0.3, -0.25) is 4.79 Å². The first-order chi connectivity index (χ1) is 9.25. The number of anilines is 1. The van der Waals surface area contributed by atoms with Gasteiger partial charge in [0.15, 0.2) is 0 Å². The standard InChI is InChI=1S/C15H18N2OS/c1-12(18)17-15-5-3-2-4-14(15)10-16-8-6-13-7-9-19-11-13/h2-5,7,9,11,16H,6,8,10H2,1H3,(H,17,18). The molecule has 100 valence electrons. The Morgan fingerprint density at radius 3 is 2.84 bits per heavy atom. The van der Waals surface area contributed by atoms with Crippen LogP contribution in [0.1, 0.15) is 18.1 Å². The van der Waals surface area contributed by atoms with E-state index in [-0.39, 0.29) is 5.91 Å². The zero-order valence-corrected chi connectivity index (χ0v) is 11.8. The fourth-order valence-corrected chi connectivity index (χ4v) is 2.58. The molecule has 0 aliphatic rings. The van der Waals surface area contributed by atoms with Crippen molar-refractivity contribution in [2.75, 3.05) is 11.9 Å². The van der Waals surface area contributed by atoms with Crippen LogP contribution in [0.3, 0.4) is 0 Å². The molecule has 1 aromatic carbocycles. The number of rotatable bonds is 6. The van der Waals surface area contributed by atoms with Crippen LogP contribution in [0.2, 0.25) is 0 Å². The zero-order valence-electron chi connectivity index (χ0n) is 11.0. The van der Waals surface area contributed by atoms with Crippen LogP contribution in [-0.2, 0) is 17.8 Å². The molecular formula is C15H18N2OS. The average molecular weight is 274 g/mol. The van der Waals surface area contributed by atoms with Gasteiger partial charge in [-0.25, -0.2) is 0 Å². The molecule has 2 N–H and O–H groups in total. The Bertz CT molecular complexity index is 523. The second-order valence-electron chi connectivity index (χ2n) is 4.40. The predicted molar refractivity (Wildman–Crippen MR) is 80.5 cm³/mol. The molecule has 3 nitrogen and oxygen atoms in total. The maximum absolute atomic E-state index is 11.1. The second kappa shape index (κ2) is 7.07. The Hall–Kier alpha value is -1.65. The van der Waals surface area contributed by atoms with E-state index < -0.39 is 0 Å². The molecule has 2 rings (SSSR count). The molecule has 0 aliphatic heterocycles. The van der Waals surface area contributed by atoms with Crippen LogP contribution in [0.4, 0.5) is 5.69 Å². The minimum absolute atomic E-state index is 0.0364. The minimum atomic E-state index is -0.0364. The number of hydrogen-bond donors (Lipinski definition) is 2. The van der Waals surface area contributed by atoms with E-state index in [9.17, 15) is 4.79 Å². The van der Waals surface area contributed by atoms with Gasteiger partial charge in [-0.15, -0.1) is 0 Å². The maximum atomic E-state index is 11.1.